The van der Waals surface area contributed by atoms with E-state index in [9.17, 15) is 4.79 Å². The highest BCUT2D eigenvalue weighted by Crippen LogP contribution is 2.33. The second kappa shape index (κ2) is 8.70. The first-order chi connectivity index (χ1) is 13.6. The Labute approximate surface area is 168 Å². The highest BCUT2D eigenvalue weighted by Gasteiger charge is 2.29. The summed E-state index contributed by atoms with van der Waals surface area (Å²) in [5.74, 6) is 3.16. The number of benzene rings is 1. The average molecular weight is 388 g/mol. The van der Waals surface area contributed by atoms with Gasteiger partial charge in [0.15, 0.2) is 11.5 Å². The van der Waals surface area contributed by atoms with Crippen molar-refractivity contribution in [3.05, 3.63) is 23.8 Å². The van der Waals surface area contributed by atoms with E-state index in [-0.39, 0.29) is 5.91 Å². The lowest BCUT2D eigenvalue weighted by molar-refractivity contribution is -0.124. The van der Waals surface area contributed by atoms with Crippen molar-refractivity contribution >= 4 is 5.91 Å². The summed E-state index contributed by atoms with van der Waals surface area (Å²) in [5.41, 5.74) is 1.25. The fourth-order valence-electron chi connectivity index (χ4n) is 4.64. The Hall–Kier alpha value is -1.79. The van der Waals surface area contributed by atoms with Crippen LogP contribution in [0, 0.1) is 11.8 Å². The smallest absolute Gasteiger partial charge is 0.234 e. The molecule has 1 saturated carbocycles. The van der Waals surface area contributed by atoms with E-state index in [0.717, 1.165) is 50.6 Å². The number of ether oxygens (including phenoxy) is 2. The monoisotopic (exact) mass is 387 g/mol. The molecule has 1 aromatic rings. The first-order valence-electron chi connectivity index (χ1n) is 10.7. The molecule has 3 atom stereocenters. The van der Waals surface area contributed by atoms with Crippen LogP contribution in [0.1, 0.15) is 38.7 Å². The third-order valence-electron chi connectivity index (χ3n) is 6.73. The van der Waals surface area contributed by atoms with Crippen LogP contribution in [0.3, 0.4) is 0 Å². The average Bonchev–Trinajstić information content (AvgIpc) is 3.15. The van der Waals surface area contributed by atoms with Gasteiger partial charge in [-0.3, -0.25) is 14.6 Å². The zero-order valence-electron chi connectivity index (χ0n) is 17.2. The van der Waals surface area contributed by atoms with Crippen molar-refractivity contribution in [1.82, 2.24) is 15.1 Å². The van der Waals surface area contributed by atoms with Gasteiger partial charge in [-0.25, -0.2) is 0 Å². The molecule has 0 bridgehead atoms. The van der Waals surface area contributed by atoms with Crippen LogP contribution in [0.15, 0.2) is 18.2 Å². The van der Waals surface area contributed by atoms with E-state index in [0.29, 0.717) is 31.2 Å². The minimum Gasteiger partial charge on any atom is -0.454 e. The van der Waals surface area contributed by atoms with Gasteiger partial charge >= 0.3 is 0 Å². The molecule has 1 saturated heterocycles. The molecule has 3 aliphatic rings. The van der Waals surface area contributed by atoms with Gasteiger partial charge in [-0.2, -0.15) is 0 Å². The van der Waals surface area contributed by atoms with Gasteiger partial charge in [0.05, 0.1) is 6.54 Å². The molecule has 0 unspecified atom stereocenters. The third kappa shape index (κ3) is 4.61. The van der Waals surface area contributed by atoms with Crippen LogP contribution in [0.4, 0.5) is 0 Å². The summed E-state index contributed by atoms with van der Waals surface area (Å²) in [6.07, 6.45) is 3.65. The SMILES string of the molecule is C[C@H]1[C@@H](NC(=O)CN2CCN(Cc3ccc4c(c3)OCO4)CC2)CCC[C@@H]1C. The summed E-state index contributed by atoms with van der Waals surface area (Å²) in [7, 11) is 0. The maximum Gasteiger partial charge on any atom is 0.234 e. The molecule has 2 heterocycles. The van der Waals surface area contributed by atoms with Crippen LogP contribution in [0.2, 0.25) is 0 Å². The quantitative estimate of drug-likeness (QED) is 0.841. The summed E-state index contributed by atoms with van der Waals surface area (Å²) in [4.78, 5) is 17.2. The van der Waals surface area contributed by atoms with Gasteiger partial charge in [-0.1, -0.05) is 32.8 Å². The van der Waals surface area contributed by atoms with E-state index >= 15 is 0 Å². The molecular formula is C22H33N3O3. The largest absolute Gasteiger partial charge is 0.454 e. The summed E-state index contributed by atoms with van der Waals surface area (Å²) in [6, 6.07) is 6.53. The number of piperazine rings is 1. The molecule has 1 amide bonds. The number of amides is 1. The van der Waals surface area contributed by atoms with Crippen LogP contribution in [-0.4, -0.2) is 61.3 Å². The number of fused-ring (bicyclic) bond motifs is 1. The lowest BCUT2D eigenvalue weighted by Crippen LogP contribution is -2.51. The minimum absolute atomic E-state index is 0.190. The molecule has 2 fully saturated rings. The molecule has 0 spiro atoms. The highest BCUT2D eigenvalue weighted by atomic mass is 16.7. The molecule has 1 N–H and O–H groups in total. The number of carbonyl (C=O) groups is 1. The third-order valence-corrected chi connectivity index (χ3v) is 6.73. The molecule has 6 nitrogen and oxygen atoms in total. The first-order valence-corrected chi connectivity index (χ1v) is 10.7. The van der Waals surface area contributed by atoms with Crippen molar-refractivity contribution < 1.29 is 14.3 Å². The summed E-state index contributed by atoms with van der Waals surface area (Å²) in [6.45, 7) is 10.2. The van der Waals surface area contributed by atoms with E-state index in [4.69, 9.17) is 9.47 Å². The van der Waals surface area contributed by atoms with Gasteiger partial charge in [0.25, 0.3) is 0 Å². The molecule has 4 rings (SSSR count). The van der Waals surface area contributed by atoms with Crippen LogP contribution in [0.5, 0.6) is 11.5 Å². The van der Waals surface area contributed by atoms with Gasteiger partial charge < -0.3 is 14.8 Å². The fourth-order valence-corrected chi connectivity index (χ4v) is 4.64. The zero-order chi connectivity index (χ0) is 19.5. The van der Waals surface area contributed by atoms with Gasteiger partial charge in [-0.15, -0.1) is 0 Å². The van der Waals surface area contributed by atoms with E-state index in [1.807, 2.05) is 6.07 Å². The Morgan fingerprint density at radius 3 is 2.64 bits per heavy atom. The predicted molar refractivity (Wildman–Crippen MR) is 108 cm³/mol. The molecule has 0 radical (unpaired) electrons. The standard InChI is InChI=1S/C22H33N3O3/c1-16-4-3-5-19(17(16)2)23-22(26)14-25-10-8-24(9-11-25)13-18-6-7-20-21(12-18)28-15-27-20/h6-7,12,16-17,19H,3-5,8-11,13-15H2,1-2H3,(H,23,26)/t16-,17+,19-/m0/s1. The fraction of sp³-hybridized carbons (Fsp3) is 0.682. The predicted octanol–water partition coefficient (Wildman–Crippen LogP) is 2.47. The Kier molecular flexibility index (Phi) is 6.07. The van der Waals surface area contributed by atoms with Gasteiger partial charge in [0, 0.05) is 38.8 Å². The Morgan fingerprint density at radius 1 is 1.07 bits per heavy atom. The molecule has 1 aromatic carbocycles. The van der Waals surface area contributed by atoms with Crippen LogP contribution in [0.25, 0.3) is 0 Å². The maximum atomic E-state index is 12.5. The lowest BCUT2D eigenvalue weighted by Gasteiger charge is -2.36. The first kappa shape index (κ1) is 19.5. The molecule has 1 aliphatic carbocycles. The topological polar surface area (TPSA) is 54.0 Å². The number of nitrogens with one attached hydrogen (secondary N) is 1. The molecule has 0 aromatic heterocycles. The van der Waals surface area contributed by atoms with Crippen molar-refractivity contribution in [2.75, 3.05) is 39.5 Å². The molecule has 154 valence electrons. The van der Waals surface area contributed by atoms with Crippen molar-refractivity contribution in [1.29, 1.82) is 0 Å². The molecule has 6 heteroatoms. The summed E-state index contributed by atoms with van der Waals surface area (Å²) >= 11 is 0. The number of nitrogens with zero attached hydrogens (tertiary/aromatic N) is 2. The molecular weight excluding hydrogens is 354 g/mol. The molecule has 28 heavy (non-hydrogen) atoms. The minimum atomic E-state index is 0.190. The number of hydrogen-bond acceptors (Lipinski definition) is 5. The zero-order valence-corrected chi connectivity index (χ0v) is 17.2. The number of hydrogen-bond donors (Lipinski definition) is 1. The van der Waals surface area contributed by atoms with Crippen LogP contribution >= 0.6 is 0 Å². The second-order valence-corrected chi connectivity index (χ2v) is 8.68. The Balaban J connectivity index is 1.20. The van der Waals surface area contributed by atoms with Crippen LogP contribution in [-0.2, 0) is 11.3 Å². The Morgan fingerprint density at radius 2 is 1.82 bits per heavy atom. The highest BCUT2D eigenvalue weighted by molar-refractivity contribution is 5.78. The lowest BCUT2D eigenvalue weighted by atomic mass is 9.78. The molecule has 2 aliphatic heterocycles. The van der Waals surface area contributed by atoms with Gasteiger partial charge in [0.2, 0.25) is 12.7 Å². The second-order valence-electron chi connectivity index (χ2n) is 8.68. The maximum absolute atomic E-state index is 12.5. The normalized spacial score (nSPS) is 28.3. The van der Waals surface area contributed by atoms with E-state index < -0.39 is 0 Å². The van der Waals surface area contributed by atoms with E-state index in [2.05, 4.69) is 41.1 Å². The summed E-state index contributed by atoms with van der Waals surface area (Å²) < 4.78 is 10.9. The number of rotatable bonds is 5. The van der Waals surface area contributed by atoms with Crippen molar-refractivity contribution in [2.45, 2.75) is 45.7 Å². The van der Waals surface area contributed by atoms with Crippen molar-refractivity contribution in [3.63, 3.8) is 0 Å². The Bertz CT molecular complexity index is 688. The van der Waals surface area contributed by atoms with Crippen LogP contribution < -0.4 is 14.8 Å². The van der Waals surface area contributed by atoms with Gasteiger partial charge in [0.1, 0.15) is 0 Å². The number of carbonyl (C=O) groups excluding carboxylic acids is 1. The van der Waals surface area contributed by atoms with Crippen molar-refractivity contribution in [3.8, 4) is 11.5 Å². The van der Waals surface area contributed by atoms with Gasteiger partial charge in [-0.05, 0) is 36.0 Å². The van der Waals surface area contributed by atoms with E-state index in [1.165, 1.54) is 18.4 Å². The summed E-state index contributed by atoms with van der Waals surface area (Å²) in [5, 5.41) is 3.30. The van der Waals surface area contributed by atoms with Crippen molar-refractivity contribution in [2.24, 2.45) is 11.8 Å². The van der Waals surface area contributed by atoms with E-state index in [1.54, 1.807) is 0 Å².